The van der Waals surface area contributed by atoms with Gasteiger partial charge in [-0.15, -0.1) is 0 Å². The summed E-state index contributed by atoms with van der Waals surface area (Å²) in [6.45, 7) is 5.33. The monoisotopic (exact) mass is 261 g/mol. The molecule has 0 saturated heterocycles. The molecule has 0 amide bonds. The summed E-state index contributed by atoms with van der Waals surface area (Å²) in [5.74, 6) is 0.694. The Bertz CT molecular complexity index is 428. The predicted octanol–water partition coefficient (Wildman–Crippen LogP) is 2.88. The van der Waals surface area contributed by atoms with E-state index < -0.39 is 11.4 Å². The van der Waals surface area contributed by atoms with E-state index in [9.17, 15) is 4.79 Å². The Hall–Kier alpha value is -1.35. The predicted molar refractivity (Wildman–Crippen MR) is 76.2 cm³/mol. The fourth-order valence-corrected chi connectivity index (χ4v) is 2.38. The summed E-state index contributed by atoms with van der Waals surface area (Å²) >= 11 is 0. The van der Waals surface area contributed by atoms with Gasteiger partial charge in [-0.05, 0) is 57.2 Å². The molecule has 1 aliphatic carbocycles. The molecule has 2 N–H and O–H groups in total. The van der Waals surface area contributed by atoms with Gasteiger partial charge >= 0.3 is 5.97 Å². The van der Waals surface area contributed by atoms with Gasteiger partial charge in [-0.3, -0.25) is 4.79 Å². The highest BCUT2D eigenvalue weighted by Gasteiger charge is 2.37. The quantitative estimate of drug-likeness (QED) is 0.742. The Morgan fingerprint density at radius 2 is 2.05 bits per heavy atom. The van der Waals surface area contributed by atoms with Crippen LogP contribution < -0.4 is 5.32 Å². The largest absolute Gasteiger partial charge is 0.481 e. The molecular formula is C16H23NO2. The zero-order valence-electron chi connectivity index (χ0n) is 11.7. The lowest BCUT2D eigenvalue weighted by Gasteiger charge is -2.18. The minimum absolute atomic E-state index is 0.630. The standard InChI is InChI=1S/C16H23NO2/c1-16(2,15(18)19)8-9-17-11-13-10-14(13)12-6-4-3-5-7-12/h3-7,13-14,17H,8-11H2,1-2H3,(H,18,19)/t13-,14-/m0/s1. The maximum Gasteiger partial charge on any atom is 0.309 e. The molecule has 1 aliphatic rings. The van der Waals surface area contributed by atoms with Crippen LogP contribution in [0.1, 0.15) is 38.2 Å². The fourth-order valence-electron chi connectivity index (χ4n) is 2.38. The van der Waals surface area contributed by atoms with E-state index in [1.165, 1.54) is 12.0 Å². The number of benzene rings is 1. The van der Waals surface area contributed by atoms with E-state index in [0.29, 0.717) is 12.3 Å². The number of carboxylic acids is 1. The molecule has 1 fully saturated rings. The van der Waals surface area contributed by atoms with E-state index >= 15 is 0 Å². The topological polar surface area (TPSA) is 49.3 Å². The number of carbonyl (C=O) groups is 1. The Morgan fingerprint density at radius 1 is 1.37 bits per heavy atom. The second kappa shape index (κ2) is 5.74. The lowest BCUT2D eigenvalue weighted by Crippen LogP contribution is -2.29. The van der Waals surface area contributed by atoms with Gasteiger partial charge in [0.15, 0.2) is 0 Å². The zero-order valence-corrected chi connectivity index (χ0v) is 11.7. The highest BCUT2D eigenvalue weighted by Crippen LogP contribution is 2.46. The third-order valence-electron chi connectivity index (χ3n) is 4.06. The summed E-state index contributed by atoms with van der Waals surface area (Å²) in [5, 5.41) is 12.4. The minimum Gasteiger partial charge on any atom is -0.481 e. The van der Waals surface area contributed by atoms with E-state index in [4.69, 9.17) is 5.11 Å². The van der Waals surface area contributed by atoms with Crippen LogP contribution in [0.15, 0.2) is 30.3 Å². The van der Waals surface area contributed by atoms with Gasteiger partial charge < -0.3 is 10.4 Å². The molecule has 0 aliphatic heterocycles. The molecule has 1 aromatic carbocycles. The molecule has 2 atom stereocenters. The molecule has 1 saturated carbocycles. The van der Waals surface area contributed by atoms with Crippen molar-refractivity contribution in [1.29, 1.82) is 0 Å². The SMILES string of the molecule is CC(C)(CCNC[C@@H]1C[C@H]1c1ccccc1)C(=O)O. The molecular weight excluding hydrogens is 238 g/mol. The maximum absolute atomic E-state index is 11.0. The van der Waals surface area contributed by atoms with Gasteiger partial charge in [-0.25, -0.2) is 0 Å². The van der Waals surface area contributed by atoms with E-state index in [0.717, 1.165) is 19.0 Å². The van der Waals surface area contributed by atoms with Crippen LogP contribution in [0.5, 0.6) is 0 Å². The molecule has 0 aromatic heterocycles. The van der Waals surface area contributed by atoms with Crippen LogP contribution in [0.4, 0.5) is 0 Å². The Balaban J connectivity index is 1.65. The average Bonchev–Trinajstić information content (AvgIpc) is 3.15. The van der Waals surface area contributed by atoms with E-state index in [-0.39, 0.29) is 0 Å². The molecule has 1 aromatic rings. The number of hydrogen-bond acceptors (Lipinski definition) is 2. The average molecular weight is 261 g/mol. The van der Waals surface area contributed by atoms with Gasteiger partial charge in [0.1, 0.15) is 0 Å². The van der Waals surface area contributed by atoms with Crippen LogP contribution in [0, 0.1) is 11.3 Å². The summed E-state index contributed by atoms with van der Waals surface area (Å²) < 4.78 is 0. The second-order valence-electron chi connectivity index (χ2n) is 6.16. The van der Waals surface area contributed by atoms with Crippen molar-refractivity contribution < 1.29 is 9.90 Å². The smallest absolute Gasteiger partial charge is 0.309 e. The number of nitrogens with one attached hydrogen (secondary N) is 1. The van der Waals surface area contributed by atoms with Crippen LogP contribution in [-0.2, 0) is 4.79 Å². The number of aliphatic carboxylic acids is 1. The Labute approximate surface area is 115 Å². The lowest BCUT2D eigenvalue weighted by atomic mass is 9.90. The van der Waals surface area contributed by atoms with Crippen molar-refractivity contribution in [3.63, 3.8) is 0 Å². The normalized spacial score (nSPS) is 22.2. The van der Waals surface area contributed by atoms with Crippen molar-refractivity contribution >= 4 is 5.97 Å². The van der Waals surface area contributed by atoms with E-state index in [1.807, 2.05) is 6.07 Å². The first-order valence-corrected chi connectivity index (χ1v) is 7.00. The highest BCUT2D eigenvalue weighted by molar-refractivity contribution is 5.73. The summed E-state index contributed by atoms with van der Waals surface area (Å²) in [5.41, 5.74) is 0.801. The van der Waals surface area contributed by atoms with Gasteiger partial charge in [0.2, 0.25) is 0 Å². The molecule has 3 heteroatoms. The summed E-state index contributed by atoms with van der Waals surface area (Å²) in [7, 11) is 0. The highest BCUT2D eigenvalue weighted by atomic mass is 16.4. The van der Waals surface area contributed by atoms with Crippen LogP contribution >= 0.6 is 0 Å². The van der Waals surface area contributed by atoms with Crippen molar-refractivity contribution in [1.82, 2.24) is 5.32 Å². The summed E-state index contributed by atoms with van der Waals surface area (Å²) in [6.07, 6.45) is 1.92. The van der Waals surface area contributed by atoms with Gasteiger partial charge in [-0.2, -0.15) is 0 Å². The molecule has 2 rings (SSSR count). The van der Waals surface area contributed by atoms with E-state index in [1.54, 1.807) is 13.8 Å². The fraction of sp³-hybridized carbons (Fsp3) is 0.562. The summed E-state index contributed by atoms with van der Waals surface area (Å²) in [4.78, 5) is 11.0. The molecule has 104 valence electrons. The van der Waals surface area contributed by atoms with E-state index in [2.05, 4.69) is 29.6 Å². The van der Waals surface area contributed by atoms with Crippen LogP contribution in [0.25, 0.3) is 0 Å². The third-order valence-corrected chi connectivity index (χ3v) is 4.06. The number of rotatable bonds is 7. The summed E-state index contributed by atoms with van der Waals surface area (Å²) in [6, 6.07) is 10.6. The maximum atomic E-state index is 11.0. The third kappa shape index (κ3) is 3.80. The molecule has 0 heterocycles. The first kappa shape index (κ1) is 14.1. The Morgan fingerprint density at radius 3 is 2.68 bits per heavy atom. The first-order valence-electron chi connectivity index (χ1n) is 7.00. The zero-order chi connectivity index (χ0) is 13.9. The van der Waals surface area contributed by atoms with Crippen molar-refractivity contribution in [3.8, 4) is 0 Å². The molecule has 3 nitrogen and oxygen atoms in total. The van der Waals surface area contributed by atoms with Crippen LogP contribution in [0.3, 0.4) is 0 Å². The van der Waals surface area contributed by atoms with Crippen molar-refractivity contribution in [2.45, 2.75) is 32.6 Å². The van der Waals surface area contributed by atoms with Crippen LogP contribution in [-0.4, -0.2) is 24.2 Å². The first-order chi connectivity index (χ1) is 9.00. The molecule has 19 heavy (non-hydrogen) atoms. The molecule has 0 unspecified atom stereocenters. The number of hydrogen-bond donors (Lipinski definition) is 2. The van der Waals surface area contributed by atoms with Gasteiger partial charge in [0.25, 0.3) is 0 Å². The minimum atomic E-state index is -0.720. The van der Waals surface area contributed by atoms with Crippen molar-refractivity contribution in [3.05, 3.63) is 35.9 Å². The van der Waals surface area contributed by atoms with Gasteiger partial charge in [0.05, 0.1) is 5.41 Å². The molecule has 0 bridgehead atoms. The Kier molecular flexibility index (Phi) is 4.25. The lowest BCUT2D eigenvalue weighted by molar-refractivity contribution is -0.147. The van der Waals surface area contributed by atoms with Gasteiger partial charge in [-0.1, -0.05) is 30.3 Å². The molecule has 0 radical (unpaired) electrons. The second-order valence-corrected chi connectivity index (χ2v) is 6.16. The van der Waals surface area contributed by atoms with Crippen molar-refractivity contribution in [2.75, 3.05) is 13.1 Å². The van der Waals surface area contributed by atoms with Crippen molar-refractivity contribution in [2.24, 2.45) is 11.3 Å². The van der Waals surface area contributed by atoms with Gasteiger partial charge in [0, 0.05) is 0 Å². The molecule has 0 spiro atoms. The number of carboxylic acid groups (broad SMARTS) is 1. The van der Waals surface area contributed by atoms with Crippen LogP contribution in [0.2, 0.25) is 0 Å².